The first-order chi connectivity index (χ1) is 10.0. The van der Waals surface area contributed by atoms with Gasteiger partial charge in [-0.25, -0.2) is 0 Å². The van der Waals surface area contributed by atoms with E-state index in [9.17, 15) is 5.11 Å². The molecule has 1 aliphatic carbocycles. The van der Waals surface area contributed by atoms with Gasteiger partial charge in [-0.15, -0.1) is 0 Å². The van der Waals surface area contributed by atoms with Crippen LogP contribution in [0.3, 0.4) is 0 Å². The van der Waals surface area contributed by atoms with Gasteiger partial charge >= 0.3 is 0 Å². The minimum Gasteiger partial charge on any atom is -0.389 e. The van der Waals surface area contributed by atoms with Gasteiger partial charge in [-0.2, -0.15) is 0 Å². The molecule has 1 fully saturated rings. The first-order valence-electron chi connectivity index (χ1n) is 8.63. The third-order valence-corrected chi connectivity index (χ3v) is 4.33. The standard InChI is InChI=1S/C17H35NO3/c1-5-20-12-17(13(2)3)18-10-15(19)11-21-16-8-6-7-14(4)9-16/h13-19H,5-12H2,1-4H3. The average Bonchev–Trinajstić information content (AvgIpc) is 2.45. The number of aliphatic hydroxyl groups is 1. The second-order valence-electron chi connectivity index (χ2n) is 6.80. The van der Waals surface area contributed by atoms with Crippen LogP contribution >= 0.6 is 0 Å². The Morgan fingerprint density at radius 3 is 2.62 bits per heavy atom. The van der Waals surface area contributed by atoms with Crippen molar-refractivity contribution in [2.24, 2.45) is 11.8 Å². The predicted octanol–water partition coefficient (Wildman–Crippen LogP) is 2.59. The van der Waals surface area contributed by atoms with E-state index >= 15 is 0 Å². The van der Waals surface area contributed by atoms with E-state index in [1.54, 1.807) is 0 Å². The lowest BCUT2D eigenvalue weighted by Gasteiger charge is -2.28. The van der Waals surface area contributed by atoms with Crippen molar-refractivity contribution in [1.29, 1.82) is 0 Å². The van der Waals surface area contributed by atoms with Gasteiger partial charge < -0.3 is 19.9 Å². The molecule has 0 aromatic rings. The van der Waals surface area contributed by atoms with Crippen molar-refractivity contribution in [3.63, 3.8) is 0 Å². The Balaban J connectivity index is 2.18. The second kappa shape index (κ2) is 10.5. The van der Waals surface area contributed by atoms with E-state index in [2.05, 4.69) is 26.1 Å². The molecule has 126 valence electrons. The molecule has 1 aliphatic rings. The lowest BCUT2D eigenvalue weighted by atomic mass is 9.89. The summed E-state index contributed by atoms with van der Waals surface area (Å²) < 4.78 is 11.3. The first kappa shape index (κ1) is 18.9. The molecule has 4 atom stereocenters. The molecule has 1 saturated carbocycles. The Hall–Kier alpha value is -0.160. The van der Waals surface area contributed by atoms with Gasteiger partial charge in [-0.3, -0.25) is 0 Å². The summed E-state index contributed by atoms with van der Waals surface area (Å²) in [5.41, 5.74) is 0. The zero-order valence-electron chi connectivity index (χ0n) is 14.3. The Kier molecular flexibility index (Phi) is 9.49. The highest BCUT2D eigenvalue weighted by Crippen LogP contribution is 2.25. The van der Waals surface area contributed by atoms with Crippen LogP contribution in [0.5, 0.6) is 0 Å². The second-order valence-corrected chi connectivity index (χ2v) is 6.80. The zero-order chi connectivity index (χ0) is 15.7. The fraction of sp³-hybridized carbons (Fsp3) is 1.00. The molecule has 21 heavy (non-hydrogen) atoms. The van der Waals surface area contributed by atoms with E-state index in [-0.39, 0.29) is 6.04 Å². The van der Waals surface area contributed by atoms with Gasteiger partial charge in [-0.1, -0.05) is 33.6 Å². The highest BCUT2D eigenvalue weighted by molar-refractivity contribution is 4.74. The van der Waals surface area contributed by atoms with Gasteiger partial charge in [0.1, 0.15) is 0 Å². The molecule has 1 rings (SSSR count). The van der Waals surface area contributed by atoms with Crippen LogP contribution < -0.4 is 5.32 Å². The van der Waals surface area contributed by atoms with Crippen LogP contribution in [-0.4, -0.2) is 49.7 Å². The number of hydrogen-bond donors (Lipinski definition) is 2. The molecule has 4 unspecified atom stereocenters. The van der Waals surface area contributed by atoms with Crippen LogP contribution in [0.25, 0.3) is 0 Å². The molecule has 0 heterocycles. The highest BCUT2D eigenvalue weighted by atomic mass is 16.5. The zero-order valence-corrected chi connectivity index (χ0v) is 14.3. The molecule has 2 N–H and O–H groups in total. The third-order valence-electron chi connectivity index (χ3n) is 4.33. The summed E-state index contributed by atoms with van der Waals surface area (Å²) in [6, 6.07) is 0.286. The quantitative estimate of drug-likeness (QED) is 0.651. The minimum atomic E-state index is -0.440. The summed E-state index contributed by atoms with van der Waals surface area (Å²) in [4.78, 5) is 0. The van der Waals surface area contributed by atoms with E-state index in [0.29, 0.717) is 31.8 Å². The Bertz CT molecular complexity index is 260. The molecule has 0 bridgehead atoms. The summed E-state index contributed by atoms with van der Waals surface area (Å²) in [5, 5.41) is 13.5. The van der Waals surface area contributed by atoms with Gasteiger partial charge in [0.15, 0.2) is 0 Å². The van der Waals surface area contributed by atoms with Crippen LogP contribution in [0.1, 0.15) is 53.4 Å². The fourth-order valence-electron chi connectivity index (χ4n) is 2.86. The highest BCUT2D eigenvalue weighted by Gasteiger charge is 2.21. The smallest absolute Gasteiger partial charge is 0.0897 e. The first-order valence-corrected chi connectivity index (χ1v) is 8.63. The molecule has 0 aromatic heterocycles. The maximum absolute atomic E-state index is 10.1. The SMILES string of the molecule is CCOCC(NCC(O)COC1CCCC(C)C1)C(C)C. The van der Waals surface area contributed by atoms with Crippen molar-refractivity contribution in [3.8, 4) is 0 Å². The predicted molar refractivity (Wildman–Crippen MR) is 86.5 cm³/mol. The topological polar surface area (TPSA) is 50.7 Å². The number of aliphatic hydroxyl groups excluding tert-OH is 1. The maximum Gasteiger partial charge on any atom is 0.0897 e. The Labute approximate surface area is 130 Å². The van der Waals surface area contributed by atoms with Crippen molar-refractivity contribution in [1.82, 2.24) is 5.32 Å². The monoisotopic (exact) mass is 301 g/mol. The van der Waals surface area contributed by atoms with E-state index in [1.807, 2.05) is 6.92 Å². The van der Waals surface area contributed by atoms with E-state index in [4.69, 9.17) is 9.47 Å². The number of ether oxygens (including phenoxy) is 2. The Morgan fingerprint density at radius 2 is 2.00 bits per heavy atom. The molecule has 0 saturated heterocycles. The van der Waals surface area contributed by atoms with Gasteiger partial charge in [0, 0.05) is 19.2 Å². The molecule has 0 radical (unpaired) electrons. The van der Waals surface area contributed by atoms with Gasteiger partial charge in [0.25, 0.3) is 0 Å². The summed E-state index contributed by atoms with van der Waals surface area (Å²) >= 11 is 0. The minimum absolute atomic E-state index is 0.286. The molecule has 0 spiro atoms. The molecular formula is C17H35NO3. The van der Waals surface area contributed by atoms with Crippen molar-refractivity contribution in [2.75, 3.05) is 26.4 Å². The van der Waals surface area contributed by atoms with Gasteiger partial charge in [-0.05, 0) is 31.6 Å². The maximum atomic E-state index is 10.1. The molecular weight excluding hydrogens is 266 g/mol. The van der Waals surface area contributed by atoms with E-state index in [1.165, 1.54) is 12.8 Å². The van der Waals surface area contributed by atoms with Crippen molar-refractivity contribution >= 4 is 0 Å². The van der Waals surface area contributed by atoms with Gasteiger partial charge in [0.05, 0.1) is 25.4 Å². The molecule has 0 aromatic carbocycles. The Morgan fingerprint density at radius 1 is 1.24 bits per heavy atom. The van der Waals surface area contributed by atoms with Crippen LogP contribution in [0.15, 0.2) is 0 Å². The largest absolute Gasteiger partial charge is 0.389 e. The van der Waals surface area contributed by atoms with Crippen LogP contribution in [0, 0.1) is 11.8 Å². The molecule has 0 aliphatic heterocycles. The lowest BCUT2D eigenvalue weighted by Crippen LogP contribution is -2.43. The molecule has 0 amide bonds. The van der Waals surface area contributed by atoms with Crippen molar-refractivity contribution < 1.29 is 14.6 Å². The van der Waals surface area contributed by atoms with Gasteiger partial charge in [0.2, 0.25) is 0 Å². The summed E-state index contributed by atoms with van der Waals surface area (Å²) in [6.45, 7) is 11.1. The summed E-state index contributed by atoms with van der Waals surface area (Å²) in [7, 11) is 0. The third kappa shape index (κ3) is 8.15. The fourth-order valence-corrected chi connectivity index (χ4v) is 2.86. The van der Waals surface area contributed by atoms with Crippen LogP contribution in [0.2, 0.25) is 0 Å². The van der Waals surface area contributed by atoms with Crippen LogP contribution in [-0.2, 0) is 9.47 Å². The van der Waals surface area contributed by atoms with E-state index < -0.39 is 6.10 Å². The van der Waals surface area contributed by atoms with E-state index in [0.717, 1.165) is 25.4 Å². The summed E-state index contributed by atoms with van der Waals surface area (Å²) in [5.74, 6) is 1.25. The number of rotatable bonds is 10. The molecule has 4 nitrogen and oxygen atoms in total. The van der Waals surface area contributed by atoms with Crippen molar-refractivity contribution in [2.45, 2.75) is 71.6 Å². The molecule has 4 heteroatoms. The average molecular weight is 301 g/mol. The van der Waals surface area contributed by atoms with Crippen molar-refractivity contribution in [3.05, 3.63) is 0 Å². The number of hydrogen-bond acceptors (Lipinski definition) is 4. The lowest BCUT2D eigenvalue weighted by molar-refractivity contribution is -0.0323. The normalized spacial score (nSPS) is 26.0. The summed E-state index contributed by atoms with van der Waals surface area (Å²) in [6.07, 6.45) is 4.75. The van der Waals surface area contributed by atoms with Crippen LogP contribution in [0.4, 0.5) is 0 Å². The number of nitrogens with one attached hydrogen (secondary N) is 1.